The normalized spacial score (nSPS) is 14.0. The number of hydrogen-bond acceptors (Lipinski definition) is 9. The highest BCUT2D eigenvalue weighted by Gasteiger charge is 2.28. The number of rotatable bonds is 40. The number of hydrogen-bond donors (Lipinski definition) is 3. The highest BCUT2D eigenvalue weighted by molar-refractivity contribution is 7.47. The highest BCUT2D eigenvalue weighted by Crippen LogP contribution is 2.43. The minimum atomic E-state index is -4.72. The van der Waals surface area contributed by atoms with Crippen LogP contribution in [0.2, 0.25) is 0 Å². The number of aliphatic carboxylic acids is 1. The number of carboxylic acids is 1. The van der Waals surface area contributed by atoms with Gasteiger partial charge < -0.3 is 25.2 Å². The van der Waals surface area contributed by atoms with E-state index in [2.05, 4.69) is 36.6 Å². The number of allylic oxidation sites excluding steroid dienone is 4. The molecule has 11 nitrogen and oxygen atoms in total. The Bertz CT molecular complexity index is 1020. The van der Waals surface area contributed by atoms with E-state index in [1.807, 2.05) is 6.08 Å². The summed E-state index contributed by atoms with van der Waals surface area (Å²) in [5, 5.41) is 8.88. The van der Waals surface area contributed by atoms with Gasteiger partial charge in [-0.05, 0) is 44.9 Å². The fraction of sp³-hybridized carbons (Fsp3) is 0.833. The first-order valence-electron chi connectivity index (χ1n) is 21.4. The molecular formula is C42H78NO10P. The van der Waals surface area contributed by atoms with E-state index < -0.39 is 51.1 Å². The number of phosphoric ester groups is 1. The van der Waals surface area contributed by atoms with Gasteiger partial charge in [-0.1, -0.05) is 160 Å². The fourth-order valence-electron chi connectivity index (χ4n) is 5.77. The van der Waals surface area contributed by atoms with Crippen LogP contribution in [0.15, 0.2) is 24.3 Å². The standard InChI is InChI=1S/C42H78NO10P/c1-3-5-7-9-11-13-15-17-19-21-23-25-27-29-31-33-40(44)50-35-38(36-51-54(48,49)52-37-39(43)42(46)47)53-41(45)34-32-30-28-26-24-22-20-18-16-14-12-10-8-6-4-2/h9,11,28,30,38-39H,3-8,10,12-27,29,31-37,43H2,1-2H3,(H,46,47)(H,48,49)/b11-9+,30-28+/t38-,39+/m1/s1. The lowest BCUT2D eigenvalue weighted by atomic mass is 10.1. The summed E-state index contributed by atoms with van der Waals surface area (Å²) in [6, 6.07) is -1.52. The fourth-order valence-corrected chi connectivity index (χ4v) is 6.55. The van der Waals surface area contributed by atoms with Gasteiger partial charge in [0, 0.05) is 12.8 Å². The summed E-state index contributed by atoms with van der Waals surface area (Å²) in [6.45, 7) is 2.74. The molecule has 4 N–H and O–H groups in total. The maximum Gasteiger partial charge on any atom is 0.472 e. The molecule has 54 heavy (non-hydrogen) atoms. The average molecular weight is 788 g/mol. The summed E-state index contributed by atoms with van der Waals surface area (Å²) < 4.78 is 32.6. The van der Waals surface area contributed by atoms with Crippen LogP contribution in [0.4, 0.5) is 0 Å². The van der Waals surface area contributed by atoms with Gasteiger partial charge in [0.2, 0.25) is 0 Å². The zero-order chi connectivity index (χ0) is 40.0. The molecule has 0 aliphatic carbocycles. The maximum atomic E-state index is 12.6. The smallest absolute Gasteiger partial charge is 0.472 e. The van der Waals surface area contributed by atoms with E-state index in [-0.39, 0.29) is 19.4 Å². The molecule has 0 rings (SSSR count). The summed E-state index contributed by atoms with van der Waals surface area (Å²) in [5.41, 5.74) is 5.32. The lowest BCUT2D eigenvalue weighted by Crippen LogP contribution is -2.34. The van der Waals surface area contributed by atoms with Gasteiger partial charge in [-0.15, -0.1) is 0 Å². The predicted molar refractivity (Wildman–Crippen MR) is 217 cm³/mol. The Morgan fingerprint density at radius 3 is 1.48 bits per heavy atom. The van der Waals surface area contributed by atoms with Crippen molar-refractivity contribution in [2.75, 3.05) is 19.8 Å². The minimum absolute atomic E-state index is 0.0798. The van der Waals surface area contributed by atoms with Crippen molar-refractivity contribution in [2.24, 2.45) is 5.73 Å². The molecular weight excluding hydrogens is 709 g/mol. The lowest BCUT2D eigenvalue weighted by Gasteiger charge is -2.20. The maximum absolute atomic E-state index is 12.6. The Labute approximate surface area is 328 Å². The van der Waals surface area contributed by atoms with Gasteiger partial charge in [0.15, 0.2) is 6.10 Å². The van der Waals surface area contributed by atoms with Crippen LogP contribution in [0.1, 0.15) is 194 Å². The molecule has 0 heterocycles. The molecule has 0 aromatic carbocycles. The monoisotopic (exact) mass is 788 g/mol. The number of unbranched alkanes of at least 4 members (excludes halogenated alkanes) is 22. The number of ether oxygens (including phenoxy) is 2. The Morgan fingerprint density at radius 2 is 0.981 bits per heavy atom. The summed E-state index contributed by atoms with van der Waals surface area (Å²) in [4.78, 5) is 45.9. The van der Waals surface area contributed by atoms with Gasteiger partial charge in [-0.3, -0.25) is 23.4 Å². The van der Waals surface area contributed by atoms with Crippen LogP contribution in [-0.4, -0.2) is 59.9 Å². The van der Waals surface area contributed by atoms with Crippen molar-refractivity contribution in [3.05, 3.63) is 24.3 Å². The molecule has 0 fully saturated rings. The van der Waals surface area contributed by atoms with Crippen LogP contribution in [0, 0.1) is 0 Å². The highest BCUT2D eigenvalue weighted by atomic mass is 31.2. The summed E-state index contributed by atoms with van der Waals surface area (Å²) in [6.07, 6.45) is 38.2. The third-order valence-corrected chi connectivity index (χ3v) is 10.1. The topological polar surface area (TPSA) is 172 Å². The van der Waals surface area contributed by atoms with E-state index in [9.17, 15) is 23.8 Å². The Hall–Kier alpha value is -2.04. The molecule has 12 heteroatoms. The Balaban J connectivity index is 4.40. The number of carbonyl (C=O) groups is 3. The third-order valence-electron chi connectivity index (χ3n) is 9.19. The van der Waals surface area contributed by atoms with Gasteiger partial charge in [0.25, 0.3) is 0 Å². The molecule has 0 saturated carbocycles. The van der Waals surface area contributed by atoms with Crippen LogP contribution in [0.5, 0.6) is 0 Å². The van der Waals surface area contributed by atoms with Gasteiger partial charge in [-0.2, -0.15) is 0 Å². The van der Waals surface area contributed by atoms with Gasteiger partial charge in [0.1, 0.15) is 12.6 Å². The van der Waals surface area contributed by atoms with Crippen LogP contribution < -0.4 is 5.73 Å². The molecule has 1 unspecified atom stereocenters. The van der Waals surface area contributed by atoms with E-state index in [4.69, 9.17) is 24.8 Å². The molecule has 3 atom stereocenters. The zero-order valence-corrected chi connectivity index (χ0v) is 35.0. The van der Waals surface area contributed by atoms with E-state index in [1.165, 1.54) is 122 Å². The molecule has 0 saturated heterocycles. The van der Waals surface area contributed by atoms with E-state index in [0.29, 0.717) is 12.8 Å². The van der Waals surface area contributed by atoms with E-state index in [0.717, 1.165) is 32.1 Å². The van der Waals surface area contributed by atoms with Crippen molar-refractivity contribution in [1.29, 1.82) is 0 Å². The van der Waals surface area contributed by atoms with Gasteiger partial charge >= 0.3 is 25.7 Å². The van der Waals surface area contributed by atoms with Gasteiger partial charge in [0.05, 0.1) is 13.2 Å². The van der Waals surface area contributed by atoms with Crippen molar-refractivity contribution in [3.63, 3.8) is 0 Å². The number of nitrogens with two attached hydrogens (primary N) is 1. The molecule has 0 aromatic heterocycles. The van der Waals surface area contributed by atoms with Crippen LogP contribution >= 0.6 is 7.82 Å². The second-order valence-corrected chi connectivity index (χ2v) is 15.9. The molecule has 0 bridgehead atoms. The summed E-state index contributed by atoms with van der Waals surface area (Å²) in [7, 11) is -4.72. The minimum Gasteiger partial charge on any atom is -0.480 e. The molecule has 0 aliphatic rings. The molecule has 0 aliphatic heterocycles. The van der Waals surface area contributed by atoms with Crippen molar-refractivity contribution in [1.82, 2.24) is 0 Å². The number of carbonyl (C=O) groups excluding carboxylic acids is 2. The third kappa shape index (κ3) is 36.9. The molecule has 0 aromatic rings. The molecule has 0 amide bonds. The van der Waals surface area contributed by atoms with Crippen molar-refractivity contribution in [3.8, 4) is 0 Å². The molecule has 0 spiro atoms. The quantitative estimate of drug-likeness (QED) is 0.0233. The number of phosphoric acid groups is 1. The average Bonchev–Trinajstić information content (AvgIpc) is 3.14. The Morgan fingerprint density at radius 1 is 0.556 bits per heavy atom. The zero-order valence-electron chi connectivity index (χ0n) is 34.1. The molecule has 316 valence electrons. The second-order valence-electron chi connectivity index (χ2n) is 14.5. The first-order valence-corrected chi connectivity index (χ1v) is 22.9. The van der Waals surface area contributed by atoms with E-state index in [1.54, 1.807) is 0 Å². The number of esters is 2. The lowest BCUT2D eigenvalue weighted by molar-refractivity contribution is -0.161. The van der Waals surface area contributed by atoms with Crippen molar-refractivity contribution < 1.29 is 47.5 Å². The van der Waals surface area contributed by atoms with Crippen LogP contribution in [-0.2, 0) is 37.5 Å². The predicted octanol–water partition coefficient (Wildman–Crippen LogP) is 11.1. The van der Waals surface area contributed by atoms with Crippen molar-refractivity contribution in [2.45, 2.75) is 206 Å². The van der Waals surface area contributed by atoms with E-state index >= 15 is 0 Å². The number of carboxylic acid groups (broad SMARTS) is 1. The largest absolute Gasteiger partial charge is 0.480 e. The van der Waals surface area contributed by atoms with Gasteiger partial charge in [-0.25, -0.2) is 4.57 Å². The van der Waals surface area contributed by atoms with Crippen LogP contribution in [0.3, 0.4) is 0 Å². The SMILES string of the molecule is CCCC/C=C/CCCCCCCCCCCC(=O)OC[C@H](COP(=O)(O)OC[C@H](N)C(=O)O)OC(=O)CC/C=C/CCCCCCCCCCCCC. The summed E-state index contributed by atoms with van der Waals surface area (Å²) >= 11 is 0. The first kappa shape index (κ1) is 52.0. The molecule has 0 radical (unpaired) electrons. The summed E-state index contributed by atoms with van der Waals surface area (Å²) in [5.74, 6) is -2.44. The Kier molecular flexibility index (Phi) is 36.4. The van der Waals surface area contributed by atoms with Crippen molar-refractivity contribution >= 4 is 25.7 Å². The van der Waals surface area contributed by atoms with Crippen LogP contribution in [0.25, 0.3) is 0 Å². The first-order chi connectivity index (χ1) is 26.1. The second kappa shape index (κ2) is 37.9.